The molecule has 0 bridgehead atoms. The number of rotatable bonds is 3. The third-order valence-electron chi connectivity index (χ3n) is 2.01. The molecule has 0 saturated heterocycles. The maximum atomic E-state index is 12.4. The van der Waals surface area contributed by atoms with E-state index in [9.17, 15) is 22.8 Å². The maximum Gasteiger partial charge on any atom is 1.00 e. The first-order chi connectivity index (χ1) is 10.1. The molecule has 0 aliphatic rings. The van der Waals surface area contributed by atoms with Gasteiger partial charge in [-0.25, -0.2) is 0 Å². The van der Waals surface area contributed by atoms with Crippen LogP contribution in [0.2, 0.25) is 0 Å². The average molecular weight is 345 g/mol. The quantitative estimate of drug-likeness (QED) is 0.376. The van der Waals surface area contributed by atoms with Crippen LogP contribution < -0.4 is 40.0 Å². The molecule has 0 radical (unpaired) electrons. The summed E-state index contributed by atoms with van der Waals surface area (Å²) in [5.41, 5.74) is -0.905. The van der Waals surface area contributed by atoms with Crippen molar-refractivity contribution in [2.24, 2.45) is 0 Å². The van der Waals surface area contributed by atoms with Gasteiger partial charge in [-0.1, -0.05) is 6.07 Å². The summed E-state index contributed by atoms with van der Waals surface area (Å²) in [5.74, 6) is -1.50. The second-order valence-corrected chi connectivity index (χ2v) is 3.65. The van der Waals surface area contributed by atoms with E-state index in [1.807, 2.05) is 0 Å². The molecule has 23 heavy (non-hydrogen) atoms. The molecule has 7 nitrogen and oxygen atoms in total. The summed E-state index contributed by atoms with van der Waals surface area (Å²) in [6.45, 7) is 0. The molecule has 1 rings (SSSR count). The van der Waals surface area contributed by atoms with E-state index in [-0.39, 0.29) is 35.2 Å². The molecule has 1 amide bonds. The average Bonchev–Trinajstić information content (AvgIpc) is 2.37. The maximum absolute atomic E-state index is 12.4. The fourth-order valence-electron chi connectivity index (χ4n) is 1.18. The largest absolute Gasteiger partial charge is 1.00 e. The van der Waals surface area contributed by atoms with Gasteiger partial charge in [0.2, 0.25) is 12.1 Å². The molecule has 0 unspecified atom stereocenters. The van der Waals surface area contributed by atoms with E-state index in [2.05, 4.69) is 10.1 Å². The summed E-state index contributed by atoms with van der Waals surface area (Å²) in [6.07, 6.45) is -7.12. The van der Waals surface area contributed by atoms with E-state index in [1.54, 1.807) is 0 Å². The Morgan fingerprint density at radius 1 is 1.30 bits per heavy atom. The Kier molecular flexibility index (Phi) is 11.1. The summed E-state index contributed by atoms with van der Waals surface area (Å²) < 4.78 is 41.4. The zero-order valence-corrected chi connectivity index (χ0v) is 14.1. The van der Waals surface area contributed by atoms with E-state index >= 15 is 0 Å². The Labute approximate surface area is 150 Å². The first-order valence-electron chi connectivity index (χ1n) is 5.50. The van der Waals surface area contributed by atoms with Crippen LogP contribution in [0, 0.1) is 0 Å². The molecule has 11 heteroatoms. The summed E-state index contributed by atoms with van der Waals surface area (Å²) in [5, 5.41) is 17.5. The van der Waals surface area contributed by atoms with Crippen LogP contribution >= 0.6 is 0 Å². The Balaban J connectivity index is 0. The molecule has 0 atom stereocenters. The van der Waals surface area contributed by atoms with Crippen LogP contribution in [-0.2, 0) is 20.5 Å². The molecule has 2 N–H and O–H groups in total. The third-order valence-corrected chi connectivity index (χ3v) is 2.01. The van der Waals surface area contributed by atoms with E-state index in [0.29, 0.717) is 0 Å². The predicted molar refractivity (Wildman–Crippen MR) is 64.7 cm³/mol. The van der Waals surface area contributed by atoms with Crippen molar-refractivity contribution in [1.82, 2.24) is 0 Å². The smallest absolute Gasteiger partial charge is 0.565 e. The Morgan fingerprint density at radius 2 is 1.83 bits per heavy atom. The molecule has 0 spiro atoms. The number of methoxy groups -OCH3 is 1. The molecule has 0 aliphatic heterocycles. The van der Waals surface area contributed by atoms with Crippen molar-refractivity contribution in [3.8, 4) is 0 Å². The molecule has 0 aromatic heterocycles. The number of carbonyl (C=O) groups is 3. The molecular formula is C12H11F3NNaO6. The number of ether oxygens (including phenoxy) is 1. The van der Waals surface area contributed by atoms with Crippen molar-refractivity contribution in [3.05, 3.63) is 29.8 Å². The monoisotopic (exact) mass is 345 g/mol. The van der Waals surface area contributed by atoms with Gasteiger partial charge in [-0.05, 0) is 18.2 Å². The first-order valence-corrected chi connectivity index (χ1v) is 5.50. The number of benzene rings is 1. The molecule has 122 valence electrons. The molecule has 0 fully saturated rings. The van der Waals surface area contributed by atoms with E-state index in [0.717, 1.165) is 25.3 Å². The van der Waals surface area contributed by atoms with Gasteiger partial charge in [0, 0.05) is 5.69 Å². The summed E-state index contributed by atoms with van der Waals surface area (Å²) >= 11 is 0. The number of hydrogen-bond acceptors (Lipinski definition) is 5. The van der Waals surface area contributed by atoms with Crippen molar-refractivity contribution >= 4 is 23.7 Å². The van der Waals surface area contributed by atoms with Gasteiger partial charge >= 0.3 is 41.7 Å². The Hall–Kier alpha value is -1.78. The number of carboxylic acid groups (broad SMARTS) is 2. The minimum atomic E-state index is -4.48. The van der Waals surface area contributed by atoms with E-state index in [4.69, 9.17) is 15.0 Å². The third kappa shape index (κ3) is 11.4. The van der Waals surface area contributed by atoms with Gasteiger partial charge in [-0.3, -0.25) is 9.59 Å². The minimum absolute atomic E-state index is 0. The Morgan fingerprint density at radius 3 is 2.26 bits per heavy atom. The Bertz CT molecular complexity index is 546. The van der Waals surface area contributed by atoms with Crippen molar-refractivity contribution in [1.29, 1.82) is 0 Å². The van der Waals surface area contributed by atoms with E-state index in [1.165, 1.54) is 6.07 Å². The number of esters is 1. The fraction of sp³-hybridized carbons (Fsp3) is 0.250. The second kappa shape index (κ2) is 10.9. The number of halogens is 3. The van der Waals surface area contributed by atoms with Crippen LogP contribution in [0.3, 0.4) is 0 Å². The minimum Gasteiger partial charge on any atom is -0.565 e. The number of alkyl halides is 3. The number of anilines is 1. The molecule has 1 aromatic carbocycles. The van der Waals surface area contributed by atoms with Gasteiger partial charge in [-0.15, -0.1) is 0 Å². The predicted octanol–water partition coefficient (Wildman–Crippen LogP) is -1.90. The topological polar surface area (TPSA) is 116 Å². The van der Waals surface area contributed by atoms with Gasteiger partial charge in [0.25, 0.3) is 0 Å². The van der Waals surface area contributed by atoms with Crippen molar-refractivity contribution in [2.45, 2.75) is 12.6 Å². The van der Waals surface area contributed by atoms with E-state index < -0.39 is 36.2 Å². The zero-order chi connectivity index (χ0) is 17.3. The van der Waals surface area contributed by atoms with Crippen LogP contribution in [-0.4, -0.2) is 30.2 Å². The molecule has 0 heterocycles. The van der Waals surface area contributed by atoms with Crippen molar-refractivity contribution < 1.29 is 72.1 Å². The molecule has 0 aliphatic carbocycles. The van der Waals surface area contributed by atoms with Crippen LogP contribution in [0.1, 0.15) is 12.0 Å². The SMILES string of the molecule is COC(=O)CC(=O)Nc1cccc(C(F)(F)F)c1.O=C([O-])O.[Na+]. The van der Waals surface area contributed by atoms with Crippen LogP contribution in [0.4, 0.5) is 23.7 Å². The number of nitrogens with one attached hydrogen (secondary N) is 1. The van der Waals surface area contributed by atoms with Gasteiger partial charge in [0.05, 0.1) is 12.7 Å². The first kappa shape index (κ1) is 23.5. The fourth-order valence-corrected chi connectivity index (χ4v) is 1.18. The standard InChI is InChI=1S/C11H10F3NO3.CH2O3.Na/c1-18-10(17)6-9(16)15-8-4-2-3-7(5-8)11(12,13)14;2-1(3)4;/h2-5H,6H2,1H3,(H,15,16);(H2,2,3,4);/q;;+1/p-1. The molecule has 1 aromatic rings. The summed E-state index contributed by atoms with van der Waals surface area (Å²) in [7, 11) is 1.11. The normalized spacial score (nSPS) is 9.57. The second-order valence-electron chi connectivity index (χ2n) is 3.65. The van der Waals surface area contributed by atoms with Crippen molar-refractivity contribution in [3.63, 3.8) is 0 Å². The number of hydrogen-bond donors (Lipinski definition) is 2. The summed E-state index contributed by atoms with van der Waals surface area (Å²) in [4.78, 5) is 30.5. The van der Waals surface area contributed by atoms with Crippen LogP contribution in [0.25, 0.3) is 0 Å². The van der Waals surface area contributed by atoms with Gasteiger partial charge in [0.15, 0.2) is 0 Å². The van der Waals surface area contributed by atoms with Gasteiger partial charge < -0.3 is 25.1 Å². The van der Waals surface area contributed by atoms with Crippen molar-refractivity contribution in [2.75, 3.05) is 12.4 Å². The summed E-state index contributed by atoms with van der Waals surface area (Å²) in [6, 6.07) is 4.13. The van der Waals surface area contributed by atoms with Crippen LogP contribution in [0.15, 0.2) is 24.3 Å². The van der Waals surface area contributed by atoms with Gasteiger partial charge in [-0.2, -0.15) is 13.2 Å². The van der Waals surface area contributed by atoms with Gasteiger partial charge in [0.1, 0.15) is 6.42 Å². The molecular weight excluding hydrogens is 334 g/mol. The number of carbonyl (C=O) groups excluding carboxylic acids is 2. The zero-order valence-electron chi connectivity index (χ0n) is 12.1. The van der Waals surface area contributed by atoms with Crippen LogP contribution in [0.5, 0.6) is 0 Å². The number of amides is 1. The molecule has 0 saturated carbocycles.